The number of aryl methyl sites for hydroxylation is 1. The molecule has 0 saturated carbocycles. The molecule has 2 aromatic heterocycles. The van der Waals surface area contributed by atoms with Gasteiger partial charge in [-0.1, -0.05) is 0 Å². The van der Waals surface area contributed by atoms with Crippen molar-refractivity contribution in [3.63, 3.8) is 0 Å². The molecular formula is C18H16N4O5. The molecule has 1 aromatic carbocycles. The van der Waals surface area contributed by atoms with Crippen LogP contribution in [-0.2, 0) is 7.05 Å². The Hall–Kier alpha value is -3.75. The van der Waals surface area contributed by atoms with Crippen molar-refractivity contribution < 1.29 is 23.5 Å². The van der Waals surface area contributed by atoms with E-state index < -0.39 is 11.8 Å². The zero-order valence-electron chi connectivity index (χ0n) is 14.4. The first-order valence-corrected chi connectivity index (χ1v) is 8.20. The summed E-state index contributed by atoms with van der Waals surface area (Å²) >= 11 is 0. The summed E-state index contributed by atoms with van der Waals surface area (Å²) in [5.41, 5.74) is 0.707. The number of anilines is 2. The molecule has 27 heavy (non-hydrogen) atoms. The van der Waals surface area contributed by atoms with Crippen molar-refractivity contribution in [3.05, 3.63) is 54.1 Å². The third-order valence-electron chi connectivity index (χ3n) is 3.90. The Labute approximate surface area is 153 Å². The number of nitrogens with one attached hydrogen (secondary N) is 2. The number of carbonyl (C=O) groups is 2. The number of aromatic nitrogens is 2. The number of hydrogen-bond donors (Lipinski definition) is 2. The van der Waals surface area contributed by atoms with E-state index in [1.807, 2.05) is 0 Å². The molecule has 0 aliphatic carbocycles. The third-order valence-corrected chi connectivity index (χ3v) is 3.90. The zero-order valence-corrected chi connectivity index (χ0v) is 14.4. The van der Waals surface area contributed by atoms with Crippen LogP contribution in [0.4, 0.5) is 11.5 Å². The molecule has 3 aromatic rings. The molecule has 0 bridgehead atoms. The molecule has 1 aliphatic rings. The lowest BCUT2D eigenvalue weighted by molar-refractivity contribution is 0.0993. The Morgan fingerprint density at radius 3 is 2.63 bits per heavy atom. The Bertz CT molecular complexity index is 993. The van der Waals surface area contributed by atoms with Gasteiger partial charge in [-0.25, -0.2) is 0 Å². The van der Waals surface area contributed by atoms with Crippen molar-refractivity contribution in [2.24, 2.45) is 7.05 Å². The average molecular weight is 368 g/mol. The fourth-order valence-electron chi connectivity index (χ4n) is 2.60. The van der Waals surface area contributed by atoms with E-state index in [9.17, 15) is 9.59 Å². The molecule has 1 aliphatic heterocycles. The number of fused-ring (bicyclic) bond motifs is 1. The van der Waals surface area contributed by atoms with Gasteiger partial charge in [-0.15, -0.1) is 0 Å². The number of nitrogens with zero attached hydrogens (tertiary/aromatic N) is 2. The first-order chi connectivity index (χ1) is 13.1. The van der Waals surface area contributed by atoms with Gasteiger partial charge in [0, 0.05) is 24.9 Å². The molecule has 0 fully saturated rings. The van der Waals surface area contributed by atoms with Crippen LogP contribution in [-0.4, -0.2) is 34.8 Å². The Morgan fingerprint density at radius 2 is 1.85 bits per heavy atom. The maximum absolute atomic E-state index is 12.5. The van der Waals surface area contributed by atoms with Gasteiger partial charge in [-0.05, 0) is 24.3 Å². The fraction of sp³-hybridized carbons (Fsp3) is 0.167. The van der Waals surface area contributed by atoms with E-state index in [0.29, 0.717) is 36.2 Å². The summed E-state index contributed by atoms with van der Waals surface area (Å²) in [6.45, 7) is 0.961. The van der Waals surface area contributed by atoms with Crippen LogP contribution in [0.5, 0.6) is 11.5 Å². The Morgan fingerprint density at radius 1 is 1.04 bits per heavy atom. The first-order valence-electron chi connectivity index (χ1n) is 8.20. The molecule has 138 valence electrons. The van der Waals surface area contributed by atoms with Crippen molar-refractivity contribution in [3.8, 4) is 11.5 Å². The van der Waals surface area contributed by atoms with Crippen molar-refractivity contribution >= 4 is 23.3 Å². The monoisotopic (exact) mass is 368 g/mol. The van der Waals surface area contributed by atoms with Gasteiger partial charge in [-0.2, -0.15) is 5.10 Å². The van der Waals surface area contributed by atoms with Crippen LogP contribution in [0.25, 0.3) is 0 Å². The van der Waals surface area contributed by atoms with Crippen LogP contribution in [0, 0.1) is 0 Å². The average Bonchev–Trinajstić information content (AvgIpc) is 3.32. The highest BCUT2D eigenvalue weighted by Gasteiger charge is 2.18. The number of rotatable bonds is 4. The number of hydrogen-bond acceptors (Lipinski definition) is 6. The van der Waals surface area contributed by atoms with Crippen molar-refractivity contribution in [1.29, 1.82) is 0 Å². The Kier molecular flexibility index (Phi) is 4.25. The van der Waals surface area contributed by atoms with E-state index >= 15 is 0 Å². The lowest BCUT2D eigenvalue weighted by Gasteiger charge is -2.18. The molecule has 0 spiro atoms. The van der Waals surface area contributed by atoms with Gasteiger partial charge in [0.2, 0.25) is 0 Å². The van der Waals surface area contributed by atoms with Crippen molar-refractivity contribution in [2.45, 2.75) is 0 Å². The second-order valence-corrected chi connectivity index (χ2v) is 5.78. The molecule has 0 atom stereocenters. The fourth-order valence-corrected chi connectivity index (χ4v) is 2.60. The summed E-state index contributed by atoms with van der Waals surface area (Å²) in [5.74, 6) is 0.899. The molecule has 2 N–H and O–H groups in total. The largest absolute Gasteiger partial charge is 0.486 e. The summed E-state index contributed by atoms with van der Waals surface area (Å²) in [4.78, 5) is 24.5. The van der Waals surface area contributed by atoms with Gasteiger partial charge >= 0.3 is 0 Å². The summed E-state index contributed by atoms with van der Waals surface area (Å²) < 4.78 is 17.4. The molecule has 3 heterocycles. The standard InChI is InChI=1S/C18H16N4O5/c1-22-16(20-18(24)14-3-2-6-25-14)10-12(21-22)17(23)19-11-4-5-13-15(9-11)27-8-7-26-13/h2-6,9-10H,7-8H2,1H3,(H,19,23)(H,20,24). The van der Waals surface area contributed by atoms with Crippen LogP contribution in [0.1, 0.15) is 21.0 Å². The summed E-state index contributed by atoms with van der Waals surface area (Å²) in [5, 5.41) is 9.52. The van der Waals surface area contributed by atoms with Gasteiger partial charge in [0.15, 0.2) is 23.0 Å². The quantitative estimate of drug-likeness (QED) is 0.732. The van der Waals surface area contributed by atoms with E-state index in [1.165, 1.54) is 17.0 Å². The molecule has 0 unspecified atom stereocenters. The highest BCUT2D eigenvalue weighted by Crippen LogP contribution is 2.32. The van der Waals surface area contributed by atoms with Gasteiger partial charge in [0.05, 0.1) is 6.26 Å². The first kappa shape index (κ1) is 16.7. The van der Waals surface area contributed by atoms with Gasteiger partial charge in [-0.3, -0.25) is 14.3 Å². The second-order valence-electron chi connectivity index (χ2n) is 5.78. The summed E-state index contributed by atoms with van der Waals surface area (Å²) in [7, 11) is 1.62. The van der Waals surface area contributed by atoms with Crippen LogP contribution in [0.2, 0.25) is 0 Å². The Balaban J connectivity index is 1.47. The minimum absolute atomic E-state index is 0.155. The van der Waals surface area contributed by atoms with Crippen LogP contribution in [0.3, 0.4) is 0 Å². The lowest BCUT2D eigenvalue weighted by Crippen LogP contribution is -2.16. The van der Waals surface area contributed by atoms with Crippen molar-refractivity contribution in [1.82, 2.24) is 9.78 Å². The highest BCUT2D eigenvalue weighted by atomic mass is 16.6. The SMILES string of the molecule is Cn1nc(C(=O)Nc2ccc3c(c2)OCCO3)cc1NC(=O)c1ccco1. The highest BCUT2D eigenvalue weighted by molar-refractivity contribution is 6.05. The maximum Gasteiger partial charge on any atom is 0.292 e. The van der Waals surface area contributed by atoms with Gasteiger partial charge in [0.1, 0.15) is 19.0 Å². The predicted molar refractivity (Wildman–Crippen MR) is 95.3 cm³/mol. The van der Waals surface area contributed by atoms with E-state index in [-0.39, 0.29) is 11.5 Å². The summed E-state index contributed by atoms with van der Waals surface area (Å²) in [6, 6.07) is 9.78. The normalized spacial score (nSPS) is 12.5. The van der Waals surface area contributed by atoms with Crippen LogP contribution >= 0.6 is 0 Å². The topological polar surface area (TPSA) is 108 Å². The van der Waals surface area contributed by atoms with Gasteiger partial charge < -0.3 is 24.5 Å². The molecule has 4 rings (SSSR count). The number of carbonyl (C=O) groups excluding carboxylic acids is 2. The molecule has 2 amide bonds. The zero-order chi connectivity index (χ0) is 18.8. The number of amides is 2. The minimum Gasteiger partial charge on any atom is -0.486 e. The van der Waals surface area contributed by atoms with E-state index in [0.717, 1.165) is 0 Å². The number of ether oxygens (including phenoxy) is 2. The molecular weight excluding hydrogens is 352 g/mol. The lowest BCUT2D eigenvalue weighted by atomic mass is 10.2. The predicted octanol–water partition coefficient (Wildman–Crippen LogP) is 2.29. The molecule has 0 radical (unpaired) electrons. The molecule has 9 heteroatoms. The molecule has 9 nitrogen and oxygen atoms in total. The maximum atomic E-state index is 12.5. The van der Waals surface area contributed by atoms with Crippen LogP contribution < -0.4 is 20.1 Å². The van der Waals surface area contributed by atoms with Gasteiger partial charge in [0.25, 0.3) is 11.8 Å². The van der Waals surface area contributed by atoms with Crippen molar-refractivity contribution in [2.75, 3.05) is 23.8 Å². The number of furan rings is 1. The summed E-state index contributed by atoms with van der Waals surface area (Å²) in [6.07, 6.45) is 1.41. The van der Waals surface area contributed by atoms with E-state index in [4.69, 9.17) is 13.9 Å². The van der Waals surface area contributed by atoms with Crippen LogP contribution in [0.15, 0.2) is 47.1 Å². The van der Waals surface area contributed by atoms with E-state index in [1.54, 1.807) is 37.4 Å². The second kappa shape index (κ2) is 6.87. The molecule has 0 saturated heterocycles. The third kappa shape index (κ3) is 3.47. The number of benzene rings is 1. The minimum atomic E-state index is -0.429. The smallest absolute Gasteiger partial charge is 0.292 e. The van der Waals surface area contributed by atoms with E-state index in [2.05, 4.69) is 15.7 Å².